The number of benzene rings is 2. The topological polar surface area (TPSA) is 119 Å². The van der Waals surface area contributed by atoms with Crippen LogP contribution in [0.15, 0.2) is 24.3 Å². The van der Waals surface area contributed by atoms with Gasteiger partial charge >= 0.3 is 11.9 Å². The van der Waals surface area contributed by atoms with Crippen molar-refractivity contribution in [3.63, 3.8) is 0 Å². The average molecular weight is 618 g/mol. The molecule has 13 heteroatoms. The van der Waals surface area contributed by atoms with Crippen molar-refractivity contribution in [2.45, 2.75) is 45.6 Å². The quantitative estimate of drug-likeness (QED) is 0.138. The Labute approximate surface area is 244 Å². The third-order valence-electron chi connectivity index (χ3n) is 5.73. The van der Waals surface area contributed by atoms with Gasteiger partial charge in [0.15, 0.2) is 6.61 Å². The molecular formula is C26H24Cl4N2O7. The Kier molecular flexibility index (Phi) is 10.6. The van der Waals surface area contributed by atoms with Crippen molar-refractivity contribution >= 4 is 81.8 Å². The van der Waals surface area contributed by atoms with Gasteiger partial charge in [-0.2, -0.15) is 0 Å². The number of halogens is 4. The van der Waals surface area contributed by atoms with Gasteiger partial charge in [0.1, 0.15) is 6.04 Å². The Balaban J connectivity index is 1.70. The minimum atomic E-state index is -1.34. The van der Waals surface area contributed by atoms with E-state index in [9.17, 15) is 24.0 Å². The molecule has 0 aromatic heterocycles. The molecule has 0 fully saturated rings. The molecule has 0 spiro atoms. The first-order chi connectivity index (χ1) is 18.5. The van der Waals surface area contributed by atoms with Crippen LogP contribution in [0.1, 0.15) is 70.6 Å². The Bertz CT molecular complexity index is 1270. The largest absolute Gasteiger partial charge is 0.462 e. The second kappa shape index (κ2) is 13.5. The van der Waals surface area contributed by atoms with Crippen molar-refractivity contribution in [1.29, 1.82) is 0 Å². The van der Waals surface area contributed by atoms with Gasteiger partial charge in [0, 0.05) is 5.69 Å². The van der Waals surface area contributed by atoms with Crippen LogP contribution in [0, 0.1) is 0 Å². The molecule has 0 unspecified atom stereocenters. The number of nitrogens with one attached hydrogen (secondary N) is 1. The van der Waals surface area contributed by atoms with E-state index in [0.29, 0.717) is 42.0 Å². The smallest absolute Gasteiger partial charge is 0.338 e. The molecule has 208 valence electrons. The number of nitrogens with zero attached hydrogens (tertiary/aromatic N) is 1. The molecule has 0 radical (unpaired) electrons. The number of unbranched alkanes of at least 4 members (excludes halogenated alkanes) is 1. The minimum Gasteiger partial charge on any atom is -0.462 e. The molecule has 39 heavy (non-hydrogen) atoms. The number of anilines is 1. The summed E-state index contributed by atoms with van der Waals surface area (Å²) in [7, 11) is 0. The van der Waals surface area contributed by atoms with E-state index >= 15 is 0 Å². The molecule has 2 aromatic carbocycles. The van der Waals surface area contributed by atoms with E-state index in [1.54, 1.807) is 0 Å². The van der Waals surface area contributed by atoms with Gasteiger partial charge in [0.2, 0.25) is 0 Å². The highest BCUT2D eigenvalue weighted by atomic mass is 35.5. The number of carbonyl (C=O) groups is 5. The number of imide groups is 1. The van der Waals surface area contributed by atoms with Crippen molar-refractivity contribution in [3.05, 3.63) is 61.0 Å². The maximum absolute atomic E-state index is 13.2. The van der Waals surface area contributed by atoms with Gasteiger partial charge in [0.05, 0.1) is 43.4 Å². The van der Waals surface area contributed by atoms with Crippen molar-refractivity contribution in [3.8, 4) is 0 Å². The summed E-state index contributed by atoms with van der Waals surface area (Å²) in [5.41, 5.74) is 0.157. The Hall–Kier alpha value is -2.85. The highest BCUT2D eigenvalue weighted by molar-refractivity contribution is 6.55. The molecule has 0 aliphatic carbocycles. The highest BCUT2D eigenvalue weighted by Crippen LogP contribution is 2.45. The molecular weight excluding hydrogens is 594 g/mol. The fraction of sp³-hybridized carbons (Fsp3) is 0.346. The fourth-order valence-electron chi connectivity index (χ4n) is 3.80. The predicted octanol–water partition coefficient (Wildman–Crippen LogP) is 6.20. The van der Waals surface area contributed by atoms with Crippen LogP contribution in [0.4, 0.5) is 5.69 Å². The number of hydrogen-bond donors (Lipinski definition) is 1. The summed E-state index contributed by atoms with van der Waals surface area (Å²) < 4.78 is 10.2. The number of carbonyl (C=O) groups excluding carboxylic acids is 5. The maximum Gasteiger partial charge on any atom is 0.338 e. The molecule has 0 bridgehead atoms. The Morgan fingerprint density at radius 1 is 0.846 bits per heavy atom. The molecule has 1 aliphatic rings. The minimum absolute atomic E-state index is 0.0781. The number of esters is 2. The molecule has 9 nitrogen and oxygen atoms in total. The van der Waals surface area contributed by atoms with Crippen LogP contribution in [0.3, 0.4) is 0 Å². The molecule has 2 aromatic rings. The van der Waals surface area contributed by atoms with Gasteiger partial charge < -0.3 is 14.8 Å². The lowest BCUT2D eigenvalue weighted by Crippen LogP contribution is -2.46. The van der Waals surface area contributed by atoms with Gasteiger partial charge in [-0.3, -0.25) is 19.3 Å². The number of fused-ring (bicyclic) bond motifs is 1. The van der Waals surface area contributed by atoms with Crippen molar-refractivity contribution in [2.24, 2.45) is 0 Å². The second-order valence-electron chi connectivity index (χ2n) is 8.51. The van der Waals surface area contributed by atoms with E-state index in [4.69, 9.17) is 55.9 Å². The van der Waals surface area contributed by atoms with Crippen LogP contribution in [-0.2, 0) is 19.1 Å². The Morgan fingerprint density at radius 3 is 1.92 bits per heavy atom. The van der Waals surface area contributed by atoms with Crippen molar-refractivity contribution in [1.82, 2.24) is 4.90 Å². The number of rotatable bonds is 11. The zero-order valence-corrected chi connectivity index (χ0v) is 24.0. The van der Waals surface area contributed by atoms with E-state index in [2.05, 4.69) is 5.32 Å². The maximum atomic E-state index is 13.2. The van der Waals surface area contributed by atoms with Crippen LogP contribution < -0.4 is 5.32 Å². The summed E-state index contributed by atoms with van der Waals surface area (Å²) in [6.45, 7) is 3.34. The lowest BCUT2D eigenvalue weighted by molar-refractivity contribution is -0.151. The molecule has 1 heterocycles. The molecule has 3 amide bonds. The summed E-state index contributed by atoms with van der Waals surface area (Å²) >= 11 is 24.5. The van der Waals surface area contributed by atoms with Crippen LogP contribution in [0.25, 0.3) is 0 Å². The molecule has 0 saturated heterocycles. The number of hydrogen-bond acceptors (Lipinski definition) is 7. The SMILES string of the molecule is CCCC[C@H](C(=O)OCC(=O)Nc1ccc(C(=O)OCCC)cc1)N1C(=O)c2c(Cl)c(Cl)c(Cl)c(Cl)c2C1=O. The second-order valence-corrected chi connectivity index (χ2v) is 10.0. The first-order valence-corrected chi connectivity index (χ1v) is 13.5. The Morgan fingerprint density at radius 2 is 1.41 bits per heavy atom. The summed E-state index contributed by atoms with van der Waals surface area (Å²) in [5, 5.41) is 1.64. The van der Waals surface area contributed by atoms with E-state index in [1.807, 2.05) is 13.8 Å². The summed E-state index contributed by atoms with van der Waals surface area (Å²) in [6, 6.07) is 4.61. The summed E-state index contributed by atoms with van der Waals surface area (Å²) in [4.78, 5) is 64.5. The monoisotopic (exact) mass is 616 g/mol. The first kappa shape index (κ1) is 30.7. The van der Waals surface area contributed by atoms with Gasteiger partial charge in [-0.05, 0) is 37.1 Å². The zero-order valence-electron chi connectivity index (χ0n) is 20.9. The third kappa shape index (κ3) is 6.66. The molecule has 3 rings (SSSR count). The lowest BCUT2D eigenvalue weighted by atomic mass is 10.1. The molecule has 1 atom stereocenters. The first-order valence-electron chi connectivity index (χ1n) is 12.0. The zero-order chi connectivity index (χ0) is 28.9. The van der Waals surface area contributed by atoms with Gasteiger partial charge in [-0.1, -0.05) is 73.1 Å². The summed E-state index contributed by atoms with van der Waals surface area (Å²) in [6.07, 6.45) is 1.88. The molecule has 1 N–H and O–H groups in total. The van der Waals surface area contributed by atoms with Gasteiger partial charge in [-0.15, -0.1) is 0 Å². The fourth-order valence-corrected chi connectivity index (χ4v) is 4.81. The predicted molar refractivity (Wildman–Crippen MR) is 147 cm³/mol. The van der Waals surface area contributed by atoms with Crippen molar-refractivity contribution < 1.29 is 33.4 Å². The highest BCUT2D eigenvalue weighted by Gasteiger charge is 2.47. The standard InChI is InChI=1S/C26H24Cl4N2O7/c1-3-5-6-15(32-23(34)17-18(24(32)35)20(28)22(30)21(29)19(17)27)26(37)39-12-16(33)31-14-9-7-13(8-10-14)25(36)38-11-4-2/h7-10,15H,3-6,11-12H2,1-2H3,(H,31,33)/t15-/m1/s1. The molecule has 0 saturated carbocycles. The van der Waals surface area contributed by atoms with Gasteiger partial charge in [0.25, 0.3) is 17.7 Å². The summed E-state index contributed by atoms with van der Waals surface area (Å²) in [5.74, 6) is -3.87. The lowest BCUT2D eigenvalue weighted by Gasteiger charge is -2.24. The van der Waals surface area contributed by atoms with E-state index in [-0.39, 0.29) is 37.6 Å². The molecule has 1 aliphatic heterocycles. The third-order valence-corrected chi connectivity index (χ3v) is 7.54. The van der Waals surface area contributed by atoms with Crippen LogP contribution in [0.5, 0.6) is 0 Å². The van der Waals surface area contributed by atoms with Crippen LogP contribution in [-0.4, -0.2) is 53.8 Å². The average Bonchev–Trinajstić information content (AvgIpc) is 3.18. The van der Waals surface area contributed by atoms with E-state index in [1.165, 1.54) is 24.3 Å². The van der Waals surface area contributed by atoms with E-state index < -0.39 is 42.3 Å². The van der Waals surface area contributed by atoms with Crippen molar-refractivity contribution in [2.75, 3.05) is 18.5 Å². The normalized spacial score (nSPS) is 13.2. The van der Waals surface area contributed by atoms with Crippen LogP contribution in [0.2, 0.25) is 20.1 Å². The van der Waals surface area contributed by atoms with Crippen LogP contribution >= 0.6 is 46.4 Å². The van der Waals surface area contributed by atoms with Gasteiger partial charge in [-0.25, -0.2) is 9.59 Å². The number of amides is 3. The number of ether oxygens (including phenoxy) is 2. The van der Waals surface area contributed by atoms with E-state index in [0.717, 1.165) is 0 Å².